The Kier molecular flexibility index (Phi) is 5.53. The van der Waals surface area contributed by atoms with Crippen molar-refractivity contribution in [2.75, 3.05) is 14.7 Å². The molecule has 1 unspecified atom stereocenters. The molecule has 0 radical (unpaired) electrons. The zero-order chi connectivity index (χ0) is 32.3. The number of hydrogen-bond donors (Lipinski definition) is 0. The van der Waals surface area contributed by atoms with E-state index >= 15 is 0 Å². The number of rotatable bonds is 3. The summed E-state index contributed by atoms with van der Waals surface area (Å²) in [5.74, 6) is 0. The zero-order valence-corrected chi connectivity index (χ0v) is 28.1. The zero-order valence-electron chi connectivity index (χ0n) is 26.4. The van der Waals surface area contributed by atoms with Crippen molar-refractivity contribution in [1.29, 1.82) is 0 Å². The summed E-state index contributed by atoms with van der Waals surface area (Å²) in [5, 5.41) is 8.73. The molecule has 0 aromatic heterocycles. The van der Waals surface area contributed by atoms with Gasteiger partial charge in [0.2, 0.25) is 0 Å². The van der Waals surface area contributed by atoms with E-state index in [2.05, 4.69) is 185 Å². The Morgan fingerprint density at radius 1 is 0.347 bits per heavy atom. The summed E-state index contributed by atoms with van der Waals surface area (Å²) < 4.78 is 0. The van der Waals surface area contributed by atoms with E-state index in [1.165, 1.54) is 71.6 Å². The van der Waals surface area contributed by atoms with Gasteiger partial charge >= 0.3 is 0 Å². The van der Waals surface area contributed by atoms with Crippen LogP contribution in [0, 0.1) is 0 Å². The molecule has 0 saturated heterocycles. The lowest BCUT2D eigenvalue weighted by atomic mass is 9.97. The van der Waals surface area contributed by atoms with Gasteiger partial charge in [-0.25, -0.2) is 0 Å². The van der Waals surface area contributed by atoms with E-state index in [0.29, 0.717) is 0 Å². The van der Waals surface area contributed by atoms with Gasteiger partial charge in [0.1, 0.15) is 0 Å². The van der Waals surface area contributed by atoms with Gasteiger partial charge in [0.25, 0.3) is 0 Å². The van der Waals surface area contributed by atoms with Crippen molar-refractivity contribution in [3.05, 3.63) is 170 Å². The highest BCUT2D eigenvalue weighted by atomic mass is 32.4. The Morgan fingerprint density at radius 2 is 0.816 bits per heavy atom. The molecule has 0 bridgehead atoms. The van der Waals surface area contributed by atoms with Gasteiger partial charge in [-0.05, 0) is 82.9 Å². The fraction of sp³-hybridized carbons (Fsp3) is 0. The molecule has 8 aromatic rings. The first kappa shape index (κ1) is 27.3. The highest BCUT2D eigenvalue weighted by Crippen LogP contribution is 2.68. The van der Waals surface area contributed by atoms with Gasteiger partial charge in [-0.2, -0.15) is 0 Å². The normalized spacial score (nSPS) is 16.6. The van der Waals surface area contributed by atoms with Gasteiger partial charge in [0.05, 0.1) is 40.2 Å². The van der Waals surface area contributed by atoms with Crippen LogP contribution in [0.4, 0.5) is 51.2 Å². The molecule has 0 aliphatic carbocycles. The molecule has 1 atom stereocenters. The van der Waals surface area contributed by atoms with E-state index in [1.54, 1.807) is 0 Å². The molecule has 0 saturated carbocycles. The van der Waals surface area contributed by atoms with Gasteiger partial charge in [-0.1, -0.05) is 115 Å². The van der Waals surface area contributed by atoms with E-state index in [0.717, 1.165) is 17.1 Å². The molecule has 0 amide bonds. The largest absolute Gasteiger partial charge is 0.309 e. The monoisotopic (exact) mass is 661 g/mol. The molecular formula is C44H28N3PS. The Hall–Kier alpha value is -5.67. The summed E-state index contributed by atoms with van der Waals surface area (Å²) in [6.45, 7) is 0. The van der Waals surface area contributed by atoms with E-state index in [4.69, 9.17) is 11.8 Å². The first-order valence-corrected chi connectivity index (χ1v) is 19.5. The van der Waals surface area contributed by atoms with Crippen molar-refractivity contribution in [2.45, 2.75) is 0 Å². The second kappa shape index (κ2) is 9.93. The molecule has 3 nitrogen and oxygen atoms in total. The van der Waals surface area contributed by atoms with Gasteiger partial charge < -0.3 is 14.7 Å². The molecule has 230 valence electrons. The second-order valence-electron chi connectivity index (χ2n) is 12.9. The molecule has 3 aliphatic rings. The third-order valence-electron chi connectivity index (χ3n) is 10.4. The van der Waals surface area contributed by atoms with Crippen LogP contribution in [0.5, 0.6) is 0 Å². The van der Waals surface area contributed by atoms with Crippen molar-refractivity contribution in [3.63, 3.8) is 0 Å². The first-order chi connectivity index (χ1) is 24.2. The van der Waals surface area contributed by atoms with Crippen molar-refractivity contribution in [2.24, 2.45) is 0 Å². The molecule has 5 heteroatoms. The fourth-order valence-corrected chi connectivity index (χ4v) is 13.8. The third kappa shape index (κ3) is 3.50. The van der Waals surface area contributed by atoms with Crippen molar-refractivity contribution >= 4 is 106 Å². The van der Waals surface area contributed by atoms with E-state index in [9.17, 15) is 0 Å². The smallest absolute Gasteiger partial charge is 0.0652 e. The van der Waals surface area contributed by atoms with Gasteiger partial charge in [-0.3, -0.25) is 0 Å². The number of hydrogen-bond acceptors (Lipinski definition) is 4. The first-order valence-electron chi connectivity index (χ1n) is 16.7. The Labute approximate surface area is 289 Å². The maximum atomic E-state index is 7.39. The van der Waals surface area contributed by atoms with E-state index in [-0.39, 0.29) is 0 Å². The van der Waals surface area contributed by atoms with E-state index in [1.807, 2.05) is 0 Å². The van der Waals surface area contributed by atoms with Crippen LogP contribution < -0.4 is 30.6 Å². The molecule has 0 N–H and O–H groups in total. The van der Waals surface area contributed by atoms with Gasteiger partial charge in [0, 0.05) is 38.4 Å². The van der Waals surface area contributed by atoms with Crippen LogP contribution in [0.1, 0.15) is 0 Å². The number of nitrogens with zero attached hydrogens (tertiary/aromatic N) is 3. The topological polar surface area (TPSA) is 9.72 Å². The lowest BCUT2D eigenvalue weighted by Gasteiger charge is -2.52. The SMILES string of the molecule is S=P12c3c4cccc3N(c3ccccc3)c3cc5c(ccc6ccccc65)c(c31)N(c1ccccc1)c1cccc(c12)N4c1ccccc1. The molecule has 3 heterocycles. The number of para-hydroxylation sites is 3. The summed E-state index contributed by atoms with van der Waals surface area (Å²) in [6.07, 6.45) is 0. The molecule has 0 spiro atoms. The average Bonchev–Trinajstić information content (AvgIpc) is 3.16. The minimum absolute atomic E-state index is 1.13. The van der Waals surface area contributed by atoms with Crippen LogP contribution >= 0.6 is 6.04 Å². The molecule has 49 heavy (non-hydrogen) atoms. The number of benzene rings is 8. The lowest BCUT2D eigenvalue weighted by molar-refractivity contribution is 1.24. The van der Waals surface area contributed by atoms with Gasteiger partial charge in [0.15, 0.2) is 0 Å². The molecule has 11 rings (SSSR count). The van der Waals surface area contributed by atoms with E-state index < -0.39 is 6.04 Å². The van der Waals surface area contributed by atoms with Crippen LogP contribution in [0.2, 0.25) is 0 Å². The minimum atomic E-state index is -2.61. The minimum Gasteiger partial charge on any atom is -0.309 e. The Bertz CT molecular complexity index is 2690. The van der Waals surface area contributed by atoms with Crippen LogP contribution in [0.3, 0.4) is 0 Å². The summed E-state index contributed by atoms with van der Waals surface area (Å²) in [5.41, 5.74) is 10.4. The van der Waals surface area contributed by atoms with Crippen molar-refractivity contribution in [3.8, 4) is 0 Å². The van der Waals surface area contributed by atoms with Crippen molar-refractivity contribution in [1.82, 2.24) is 0 Å². The summed E-state index contributed by atoms with van der Waals surface area (Å²) in [6, 6.07) is 59.2. The molecule has 0 fully saturated rings. The fourth-order valence-electron chi connectivity index (χ4n) is 8.50. The Morgan fingerprint density at radius 3 is 1.39 bits per heavy atom. The molecule has 3 aliphatic heterocycles. The summed E-state index contributed by atoms with van der Waals surface area (Å²) in [7, 11) is 0. The van der Waals surface area contributed by atoms with Gasteiger partial charge in [-0.15, -0.1) is 0 Å². The summed E-state index contributed by atoms with van der Waals surface area (Å²) in [4.78, 5) is 7.43. The number of anilines is 9. The summed E-state index contributed by atoms with van der Waals surface area (Å²) >= 11 is 7.39. The lowest BCUT2D eigenvalue weighted by Crippen LogP contribution is -2.47. The predicted molar refractivity (Wildman–Crippen MR) is 212 cm³/mol. The predicted octanol–water partition coefficient (Wildman–Crippen LogP) is 11.1. The maximum absolute atomic E-state index is 7.39. The highest BCUT2D eigenvalue weighted by Gasteiger charge is 2.51. The molecule has 8 aromatic carbocycles. The maximum Gasteiger partial charge on any atom is 0.0652 e. The standard InChI is InChI=1S/C44H28N3PS/c49-48-42-36-22-12-24-38(42)46(31-17-6-2-7-18-31)40-28-35-33-21-11-10-14-29(33)26-27-34(35)41(44(40)48)47(32-19-8-3-9-20-32)39-25-13-23-37(43(39)48)45(36)30-15-4-1-5-16-30/h1-28H. The highest BCUT2D eigenvalue weighted by molar-refractivity contribution is 8.26. The van der Waals surface area contributed by atoms with Crippen LogP contribution in [-0.2, 0) is 11.8 Å². The van der Waals surface area contributed by atoms with Crippen molar-refractivity contribution < 1.29 is 0 Å². The second-order valence-corrected chi connectivity index (χ2v) is 17.1. The Balaban J connectivity index is 1.39. The third-order valence-corrected chi connectivity index (χ3v) is 15.3. The number of fused-ring (bicyclic) bond motifs is 4. The average molecular weight is 662 g/mol. The quantitative estimate of drug-likeness (QED) is 0.138. The molecular weight excluding hydrogens is 634 g/mol. The van der Waals surface area contributed by atoms with Crippen LogP contribution in [0.15, 0.2) is 170 Å². The van der Waals surface area contributed by atoms with Crippen LogP contribution in [0.25, 0.3) is 21.5 Å². The van der Waals surface area contributed by atoms with Crippen LogP contribution in [-0.4, -0.2) is 0 Å².